The zero-order valence-electron chi connectivity index (χ0n) is 17.5. The highest BCUT2D eigenvalue weighted by Gasteiger charge is 2.40. The highest BCUT2D eigenvalue weighted by Crippen LogP contribution is 2.38. The molecule has 0 aliphatic carbocycles. The van der Waals surface area contributed by atoms with Gasteiger partial charge in [0.2, 0.25) is 11.8 Å². The fourth-order valence-corrected chi connectivity index (χ4v) is 3.43. The number of benzene rings is 2. The molecular formula is C22H22F3N5O2. The molecule has 2 amide bonds. The van der Waals surface area contributed by atoms with Crippen molar-refractivity contribution in [3.8, 4) is 0 Å². The first-order valence-electron chi connectivity index (χ1n) is 9.79. The molecule has 0 aromatic heterocycles. The van der Waals surface area contributed by atoms with Gasteiger partial charge in [-0.2, -0.15) is 13.2 Å². The topological polar surface area (TPSA) is 77.8 Å². The molecule has 0 spiro atoms. The van der Waals surface area contributed by atoms with Gasteiger partial charge in [-0.3, -0.25) is 9.59 Å². The first kappa shape index (κ1) is 23.2. The van der Waals surface area contributed by atoms with Crippen LogP contribution in [0.2, 0.25) is 0 Å². The molecule has 2 aromatic rings. The van der Waals surface area contributed by atoms with Gasteiger partial charge in [-0.05, 0) is 43.2 Å². The molecule has 7 nitrogen and oxygen atoms in total. The number of halogens is 3. The molecule has 3 rings (SSSR count). The van der Waals surface area contributed by atoms with Gasteiger partial charge in [0, 0.05) is 31.4 Å². The van der Waals surface area contributed by atoms with Crippen LogP contribution >= 0.6 is 0 Å². The fraction of sp³-hybridized carbons (Fsp3) is 0.318. The molecule has 0 radical (unpaired) electrons. The van der Waals surface area contributed by atoms with E-state index >= 15 is 0 Å². The first-order chi connectivity index (χ1) is 15.0. The molecule has 1 aliphatic rings. The van der Waals surface area contributed by atoms with E-state index in [1.54, 1.807) is 19.1 Å². The van der Waals surface area contributed by atoms with E-state index in [1.807, 2.05) is 17.1 Å². The lowest BCUT2D eigenvalue weighted by Gasteiger charge is -2.26. The lowest BCUT2D eigenvalue weighted by Crippen LogP contribution is -2.51. The molecule has 1 unspecified atom stereocenters. The quantitative estimate of drug-likeness (QED) is 0.599. The van der Waals surface area contributed by atoms with Gasteiger partial charge in [-0.25, -0.2) is 15.3 Å². The lowest BCUT2D eigenvalue weighted by atomic mass is 9.99. The minimum atomic E-state index is -4.69. The Kier molecular flexibility index (Phi) is 6.52. The molecule has 1 saturated heterocycles. The van der Waals surface area contributed by atoms with Crippen molar-refractivity contribution >= 4 is 28.9 Å². The average molecular weight is 445 g/mol. The van der Waals surface area contributed by atoms with Crippen molar-refractivity contribution in [3.63, 3.8) is 0 Å². The molecule has 32 heavy (non-hydrogen) atoms. The van der Waals surface area contributed by atoms with Crippen LogP contribution in [0.1, 0.15) is 31.4 Å². The number of carbonyl (C=O) groups is 2. The molecule has 3 N–H and O–H groups in total. The highest BCUT2D eigenvalue weighted by atomic mass is 19.4. The summed E-state index contributed by atoms with van der Waals surface area (Å²) in [6.07, 6.45) is -4.24. The van der Waals surface area contributed by atoms with Crippen LogP contribution in [-0.2, 0) is 22.3 Å². The summed E-state index contributed by atoms with van der Waals surface area (Å²) in [5.74, 6) is -0.628. The predicted molar refractivity (Wildman–Crippen MR) is 114 cm³/mol. The third kappa shape index (κ3) is 5.43. The Hall–Kier alpha value is -3.42. The molecule has 1 aliphatic heterocycles. The van der Waals surface area contributed by atoms with Crippen molar-refractivity contribution in [2.24, 2.45) is 0 Å². The summed E-state index contributed by atoms with van der Waals surface area (Å²) in [4.78, 5) is 26.8. The number of hydrogen-bond donors (Lipinski definition) is 3. The SMILES string of the molecule is [C-]#[N+]c1ccc(NC(=O)C2(C)CCN(Cc3ccc(NC(C)=O)cc3)N2)cc1C(F)(F)F. The predicted octanol–water partition coefficient (Wildman–Crippen LogP) is 4.32. The summed E-state index contributed by atoms with van der Waals surface area (Å²) in [6.45, 7) is 11.1. The number of nitrogens with one attached hydrogen (secondary N) is 3. The van der Waals surface area contributed by atoms with E-state index in [1.165, 1.54) is 13.0 Å². The summed E-state index contributed by atoms with van der Waals surface area (Å²) in [5.41, 5.74) is 2.14. The number of hydrazine groups is 1. The number of carbonyl (C=O) groups excluding carboxylic acids is 2. The van der Waals surface area contributed by atoms with E-state index in [2.05, 4.69) is 20.9 Å². The Balaban J connectivity index is 1.65. The molecule has 10 heteroatoms. The van der Waals surface area contributed by atoms with Crippen LogP contribution in [-0.4, -0.2) is 28.9 Å². The maximum atomic E-state index is 13.2. The second-order valence-corrected chi connectivity index (χ2v) is 7.79. The lowest BCUT2D eigenvalue weighted by molar-refractivity contribution is -0.136. The van der Waals surface area contributed by atoms with Crippen molar-refractivity contribution in [2.75, 3.05) is 17.2 Å². The van der Waals surface area contributed by atoms with Gasteiger partial charge < -0.3 is 10.6 Å². The molecule has 1 atom stereocenters. The van der Waals surface area contributed by atoms with Crippen LogP contribution < -0.4 is 16.1 Å². The molecule has 168 valence electrons. The standard InChI is InChI=1S/C22H22F3N5O2/c1-14(31)27-16-6-4-15(5-7-16)13-30-11-10-21(2,29-30)20(32)28-17-8-9-19(26-3)18(12-17)22(23,24)25/h4-9,12,29H,10-11,13H2,1-2H3,(H,27,31)(H,28,32). The van der Waals surface area contributed by atoms with Crippen molar-refractivity contribution in [1.82, 2.24) is 10.4 Å². The van der Waals surface area contributed by atoms with E-state index in [9.17, 15) is 22.8 Å². The fourth-order valence-electron chi connectivity index (χ4n) is 3.43. The monoisotopic (exact) mass is 445 g/mol. The van der Waals surface area contributed by atoms with Gasteiger partial charge in [0.05, 0.1) is 12.1 Å². The Morgan fingerprint density at radius 3 is 2.41 bits per heavy atom. The smallest absolute Gasteiger partial charge is 0.326 e. The van der Waals surface area contributed by atoms with Gasteiger partial charge in [0.15, 0.2) is 5.69 Å². The normalized spacial score (nSPS) is 18.8. The van der Waals surface area contributed by atoms with Gasteiger partial charge in [0.1, 0.15) is 5.54 Å². The zero-order valence-corrected chi connectivity index (χ0v) is 17.5. The minimum Gasteiger partial charge on any atom is -0.326 e. The molecular weight excluding hydrogens is 423 g/mol. The Labute approximate surface area is 183 Å². The number of amides is 2. The molecule has 2 aromatic carbocycles. The van der Waals surface area contributed by atoms with Crippen molar-refractivity contribution < 1.29 is 22.8 Å². The van der Waals surface area contributed by atoms with Gasteiger partial charge in [-0.15, -0.1) is 0 Å². The maximum Gasteiger partial charge on any atom is 0.407 e. The Morgan fingerprint density at radius 1 is 1.16 bits per heavy atom. The third-order valence-corrected chi connectivity index (χ3v) is 5.12. The van der Waals surface area contributed by atoms with Gasteiger partial charge in [-0.1, -0.05) is 18.2 Å². The van der Waals surface area contributed by atoms with Crippen molar-refractivity contribution in [1.29, 1.82) is 0 Å². The number of rotatable bonds is 5. The number of alkyl halides is 3. The van der Waals surface area contributed by atoms with Crippen molar-refractivity contribution in [3.05, 3.63) is 65.0 Å². The van der Waals surface area contributed by atoms with E-state index in [0.29, 0.717) is 25.2 Å². The van der Waals surface area contributed by atoms with Crippen LogP contribution in [0.15, 0.2) is 42.5 Å². The van der Waals surface area contributed by atoms with Crippen LogP contribution in [0, 0.1) is 6.57 Å². The number of anilines is 2. The summed E-state index contributed by atoms with van der Waals surface area (Å²) in [7, 11) is 0. The molecule has 0 bridgehead atoms. The second-order valence-electron chi connectivity index (χ2n) is 7.79. The number of hydrogen-bond acceptors (Lipinski definition) is 4. The summed E-state index contributed by atoms with van der Waals surface area (Å²) in [6, 6.07) is 10.4. The van der Waals surface area contributed by atoms with E-state index < -0.39 is 28.9 Å². The number of nitrogens with zero attached hydrogens (tertiary/aromatic N) is 2. The summed E-state index contributed by atoms with van der Waals surface area (Å²) < 4.78 is 39.5. The second kappa shape index (κ2) is 8.98. The van der Waals surface area contributed by atoms with Gasteiger partial charge in [0.25, 0.3) is 0 Å². The van der Waals surface area contributed by atoms with Crippen LogP contribution in [0.4, 0.5) is 30.2 Å². The molecule has 1 fully saturated rings. The van der Waals surface area contributed by atoms with E-state index in [0.717, 1.165) is 17.7 Å². The van der Waals surface area contributed by atoms with Crippen LogP contribution in [0.25, 0.3) is 4.85 Å². The summed E-state index contributed by atoms with van der Waals surface area (Å²) >= 11 is 0. The zero-order chi connectivity index (χ0) is 23.5. The summed E-state index contributed by atoms with van der Waals surface area (Å²) in [5, 5.41) is 7.07. The highest BCUT2D eigenvalue weighted by molar-refractivity contribution is 5.98. The van der Waals surface area contributed by atoms with Crippen LogP contribution in [0.3, 0.4) is 0 Å². The molecule has 1 heterocycles. The third-order valence-electron chi connectivity index (χ3n) is 5.12. The van der Waals surface area contributed by atoms with E-state index in [4.69, 9.17) is 6.57 Å². The molecule has 0 saturated carbocycles. The van der Waals surface area contributed by atoms with E-state index in [-0.39, 0.29) is 11.6 Å². The Morgan fingerprint density at radius 2 is 1.81 bits per heavy atom. The van der Waals surface area contributed by atoms with Crippen molar-refractivity contribution in [2.45, 2.75) is 38.5 Å². The average Bonchev–Trinajstić information content (AvgIpc) is 3.10. The van der Waals surface area contributed by atoms with Crippen LogP contribution in [0.5, 0.6) is 0 Å². The minimum absolute atomic E-state index is 0.0234. The van der Waals surface area contributed by atoms with Gasteiger partial charge >= 0.3 is 6.18 Å². The maximum absolute atomic E-state index is 13.2. The first-order valence-corrected chi connectivity index (χ1v) is 9.79. The Bertz CT molecular complexity index is 1060. The largest absolute Gasteiger partial charge is 0.407 e.